The maximum atomic E-state index is 13.4. The Morgan fingerprint density at radius 2 is 1.69 bits per heavy atom. The average Bonchev–Trinajstić information content (AvgIpc) is 2.74. The predicted molar refractivity (Wildman–Crippen MR) is 106 cm³/mol. The smallest absolute Gasteiger partial charge is 0.269 e. The Morgan fingerprint density at radius 1 is 1.03 bits per heavy atom. The fourth-order valence-electron chi connectivity index (χ4n) is 3.57. The monoisotopic (exact) mass is 390 g/mol. The second-order valence-electron chi connectivity index (χ2n) is 6.97. The number of para-hydroxylation sites is 1. The Morgan fingerprint density at radius 3 is 2.31 bits per heavy atom. The van der Waals surface area contributed by atoms with Crippen molar-refractivity contribution in [2.75, 3.05) is 11.5 Å². The van der Waals surface area contributed by atoms with Crippen molar-refractivity contribution in [2.24, 2.45) is 5.92 Å². The number of hydrogen-bond donors (Lipinski definition) is 0. The van der Waals surface area contributed by atoms with Crippen molar-refractivity contribution in [3.8, 4) is 0 Å². The van der Waals surface area contributed by atoms with Gasteiger partial charge in [-0.15, -0.1) is 0 Å². The fraction of sp³-hybridized carbons (Fsp3) is 0.182. The number of nitro benzene ring substituents is 1. The van der Waals surface area contributed by atoms with E-state index in [0.717, 1.165) is 5.56 Å². The number of nitro groups is 1. The topological polar surface area (TPSA) is 89.7 Å². The van der Waals surface area contributed by atoms with Gasteiger partial charge in [-0.05, 0) is 48.4 Å². The first-order chi connectivity index (χ1) is 14.0. The highest BCUT2D eigenvalue weighted by atomic mass is 16.6. The molecule has 29 heavy (non-hydrogen) atoms. The number of benzene rings is 2. The summed E-state index contributed by atoms with van der Waals surface area (Å²) < 4.78 is 6.11. The van der Waals surface area contributed by atoms with Crippen LogP contribution in [0.15, 0.2) is 78.9 Å². The maximum absolute atomic E-state index is 13.4. The Bertz CT molecular complexity index is 995. The van der Waals surface area contributed by atoms with E-state index in [0.29, 0.717) is 12.1 Å². The van der Waals surface area contributed by atoms with Crippen molar-refractivity contribution in [3.05, 3.63) is 94.6 Å². The molecule has 1 fully saturated rings. The van der Waals surface area contributed by atoms with Crippen LogP contribution < -0.4 is 4.90 Å². The molecule has 2 aromatic rings. The first kappa shape index (κ1) is 18.8. The summed E-state index contributed by atoms with van der Waals surface area (Å²) in [6, 6.07) is 15.3. The molecule has 1 amide bonds. The van der Waals surface area contributed by atoms with Crippen LogP contribution in [0.4, 0.5) is 11.4 Å². The van der Waals surface area contributed by atoms with Gasteiger partial charge < -0.3 is 4.74 Å². The number of anilines is 1. The fourth-order valence-corrected chi connectivity index (χ4v) is 3.57. The van der Waals surface area contributed by atoms with Gasteiger partial charge in [-0.25, -0.2) is 0 Å². The van der Waals surface area contributed by atoms with Gasteiger partial charge in [0, 0.05) is 17.8 Å². The first-order valence-electron chi connectivity index (χ1n) is 9.17. The second kappa shape index (κ2) is 7.44. The van der Waals surface area contributed by atoms with Crippen LogP contribution in [-0.2, 0) is 20.7 Å². The summed E-state index contributed by atoms with van der Waals surface area (Å²) in [5.41, 5.74) is 0.339. The van der Waals surface area contributed by atoms with Gasteiger partial charge in [0.25, 0.3) is 5.69 Å². The molecular formula is C22H18N2O5. The van der Waals surface area contributed by atoms with E-state index < -0.39 is 16.6 Å². The van der Waals surface area contributed by atoms with E-state index in [4.69, 9.17) is 4.74 Å². The number of rotatable bonds is 4. The molecule has 0 radical (unpaired) electrons. The number of ketones is 1. The Balaban J connectivity index is 1.64. The van der Waals surface area contributed by atoms with Crippen LogP contribution in [0.25, 0.3) is 0 Å². The molecule has 2 aliphatic rings. The van der Waals surface area contributed by atoms with E-state index in [-0.39, 0.29) is 24.0 Å². The summed E-state index contributed by atoms with van der Waals surface area (Å²) in [5.74, 6) is -0.751. The molecule has 0 aromatic heterocycles. The zero-order chi connectivity index (χ0) is 20.4. The molecule has 0 bridgehead atoms. The molecule has 1 aliphatic carbocycles. The molecule has 1 atom stereocenters. The van der Waals surface area contributed by atoms with Crippen LogP contribution >= 0.6 is 0 Å². The van der Waals surface area contributed by atoms with Crippen LogP contribution in [-0.4, -0.2) is 28.9 Å². The van der Waals surface area contributed by atoms with Gasteiger partial charge >= 0.3 is 0 Å². The van der Waals surface area contributed by atoms with Gasteiger partial charge in [-0.1, -0.05) is 30.3 Å². The molecule has 4 rings (SSSR count). The number of ether oxygens (including phenoxy) is 1. The lowest BCUT2D eigenvalue weighted by atomic mass is 9.92. The normalized spacial score (nSPS) is 20.3. The molecule has 7 nitrogen and oxygen atoms in total. The molecule has 1 aliphatic heterocycles. The van der Waals surface area contributed by atoms with Crippen molar-refractivity contribution in [1.82, 2.24) is 0 Å². The standard InChI is InChI=1S/C22H18N2O5/c25-20-10-12-22(13-11-20)23(18-4-2-1-3-5-18)21(26)17(15-29-22)14-16-6-8-19(9-7-16)24(27)28/h1-13,17H,14-15H2. The first-order valence-corrected chi connectivity index (χ1v) is 9.17. The molecule has 1 saturated heterocycles. The van der Waals surface area contributed by atoms with E-state index in [1.165, 1.54) is 24.3 Å². The highest BCUT2D eigenvalue weighted by molar-refractivity contribution is 6.03. The van der Waals surface area contributed by atoms with Crippen LogP contribution in [0.2, 0.25) is 0 Å². The van der Waals surface area contributed by atoms with E-state index in [9.17, 15) is 19.7 Å². The Hall–Kier alpha value is -3.58. The third kappa shape index (κ3) is 3.60. The van der Waals surface area contributed by atoms with Crippen molar-refractivity contribution in [1.29, 1.82) is 0 Å². The van der Waals surface area contributed by atoms with Gasteiger partial charge in [0.2, 0.25) is 5.91 Å². The van der Waals surface area contributed by atoms with Crippen molar-refractivity contribution >= 4 is 23.1 Å². The zero-order valence-electron chi connectivity index (χ0n) is 15.4. The number of hydrogen-bond acceptors (Lipinski definition) is 5. The molecule has 1 unspecified atom stereocenters. The molecule has 1 spiro atoms. The van der Waals surface area contributed by atoms with Crippen LogP contribution in [0.3, 0.4) is 0 Å². The number of amides is 1. The minimum Gasteiger partial charge on any atom is -0.347 e. The zero-order valence-corrected chi connectivity index (χ0v) is 15.4. The van der Waals surface area contributed by atoms with Gasteiger partial charge in [-0.3, -0.25) is 24.6 Å². The summed E-state index contributed by atoms with van der Waals surface area (Å²) in [7, 11) is 0. The molecule has 2 aromatic carbocycles. The van der Waals surface area contributed by atoms with E-state index >= 15 is 0 Å². The van der Waals surface area contributed by atoms with Gasteiger partial charge in [0.15, 0.2) is 11.5 Å². The van der Waals surface area contributed by atoms with Crippen molar-refractivity contribution in [3.63, 3.8) is 0 Å². The highest BCUT2D eigenvalue weighted by Gasteiger charge is 2.46. The average molecular weight is 390 g/mol. The van der Waals surface area contributed by atoms with E-state index in [2.05, 4.69) is 0 Å². The summed E-state index contributed by atoms with van der Waals surface area (Å²) >= 11 is 0. The van der Waals surface area contributed by atoms with Crippen LogP contribution in [0, 0.1) is 16.0 Å². The third-order valence-electron chi connectivity index (χ3n) is 5.05. The number of non-ortho nitro benzene ring substituents is 1. The lowest BCUT2D eigenvalue weighted by molar-refractivity contribution is -0.384. The number of nitrogens with zero attached hydrogens (tertiary/aromatic N) is 2. The van der Waals surface area contributed by atoms with Gasteiger partial charge in [-0.2, -0.15) is 0 Å². The maximum Gasteiger partial charge on any atom is 0.269 e. The van der Waals surface area contributed by atoms with Crippen molar-refractivity contribution < 1.29 is 19.2 Å². The van der Waals surface area contributed by atoms with Crippen LogP contribution in [0.5, 0.6) is 0 Å². The number of carbonyl (C=O) groups excluding carboxylic acids is 2. The van der Waals surface area contributed by atoms with Crippen LogP contribution in [0.1, 0.15) is 5.56 Å². The molecule has 0 saturated carbocycles. The predicted octanol–water partition coefficient (Wildman–Crippen LogP) is 3.21. The minimum atomic E-state index is -1.14. The second-order valence-corrected chi connectivity index (χ2v) is 6.97. The quantitative estimate of drug-likeness (QED) is 0.591. The Labute approximate surface area is 167 Å². The lowest BCUT2D eigenvalue weighted by Crippen LogP contribution is -2.60. The summed E-state index contributed by atoms with van der Waals surface area (Å²) in [6.45, 7) is 0.169. The van der Waals surface area contributed by atoms with E-state index in [1.807, 2.05) is 30.3 Å². The minimum absolute atomic E-state index is 0.00647. The largest absolute Gasteiger partial charge is 0.347 e. The summed E-state index contributed by atoms with van der Waals surface area (Å²) in [6.07, 6.45) is 6.40. The lowest BCUT2D eigenvalue weighted by Gasteiger charge is -2.46. The third-order valence-corrected chi connectivity index (χ3v) is 5.05. The molecule has 7 heteroatoms. The molecule has 0 N–H and O–H groups in total. The molecular weight excluding hydrogens is 372 g/mol. The molecule has 146 valence electrons. The molecule has 1 heterocycles. The summed E-state index contributed by atoms with van der Waals surface area (Å²) in [5, 5.41) is 10.8. The van der Waals surface area contributed by atoms with Crippen molar-refractivity contribution in [2.45, 2.75) is 12.1 Å². The van der Waals surface area contributed by atoms with Gasteiger partial charge in [0.1, 0.15) is 0 Å². The number of carbonyl (C=O) groups is 2. The van der Waals surface area contributed by atoms with Gasteiger partial charge in [0.05, 0.1) is 17.4 Å². The summed E-state index contributed by atoms with van der Waals surface area (Å²) in [4.78, 5) is 37.0. The SMILES string of the molecule is O=C1C=CC2(C=C1)OCC(Cc1ccc([N+](=O)[O-])cc1)C(=O)N2c1ccccc1. The Kier molecular flexibility index (Phi) is 4.82. The highest BCUT2D eigenvalue weighted by Crippen LogP contribution is 2.36. The van der Waals surface area contributed by atoms with E-state index in [1.54, 1.807) is 29.2 Å². The number of allylic oxidation sites excluding steroid dienone is 2.